The molecule has 0 aliphatic rings. The van der Waals surface area contributed by atoms with Crippen LogP contribution in [0.25, 0.3) is 10.9 Å². The predicted octanol–water partition coefficient (Wildman–Crippen LogP) is 2.09. The van der Waals surface area contributed by atoms with E-state index in [1.54, 1.807) is 31.6 Å². The van der Waals surface area contributed by atoms with Crippen LogP contribution >= 0.6 is 0 Å². The molecule has 0 bridgehead atoms. The summed E-state index contributed by atoms with van der Waals surface area (Å²) in [5.74, 6) is -1.68. The van der Waals surface area contributed by atoms with Gasteiger partial charge in [-0.2, -0.15) is 0 Å². The summed E-state index contributed by atoms with van der Waals surface area (Å²) in [6, 6.07) is 1.74. The summed E-state index contributed by atoms with van der Waals surface area (Å²) in [6.07, 6.45) is 4.84. The maximum Gasteiger partial charge on any atom is 0.397 e. The van der Waals surface area contributed by atoms with E-state index in [1.165, 1.54) is 0 Å². The van der Waals surface area contributed by atoms with Gasteiger partial charge in [0.2, 0.25) is 0 Å². The number of anilines is 1. The number of fused-ring (bicyclic) bond motifs is 1. The number of aromatic amines is 1. The lowest BCUT2D eigenvalue weighted by atomic mass is 10.3. The Morgan fingerprint density at radius 2 is 2.16 bits per heavy atom. The first-order valence-electron chi connectivity index (χ1n) is 6.11. The number of nitrogens with one attached hydrogen (secondary N) is 2. The Bertz CT molecular complexity index is 563. The summed E-state index contributed by atoms with van der Waals surface area (Å²) >= 11 is 0. The fraction of sp³-hybridized carbons (Fsp3) is 0.308. The summed E-state index contributed by atoms with van der Waals surface area (Å²) in [7, 11) is 0. The maximum absolute atomic E-state index is 11.4. The van der Waals surface area contributed by atoms with Gasteiger partial charge in [-0.3, -0.25) is 9.78 Å². The molecule has 2 rings (SSSR count). The van der Waals surface area contributed by atoms with E-state index in [9.17, 15) is 9.59 Å². The van der Waals surface area contributed by atoms with Gasteiger partial charge in [0, 0.05) is 17.8 Å². The third-order valence-corrected chi connectivity index (χ3v) is 2.19. The molecule has 0 spiro atoms. The van der Waals surface area contributed by atoms with Crippen molar-refractivity contribution < 1.29 is 14.3 Å². The van der Waals surface area contributed by atoms with Crippen molar-refractivity contribution in [3.8, 4) is 0 Å². The monoisotopic (exact) mass is 263 g/mol. The summed E-state index contributed by atoms with van der Waals surface area (Å²) in [5.41, 5.74) is 1.31. The molecule has 2 aromatic heterocycles. The van der Waals surface area contributed by atoms with Crippen LogP contribution in [0.5, 0.6) is 0 Å². The number of hydrogen-bond acceptors (Lipinski definition) is 4. The van der Waals surface area contributed by atoms with Gasteiger partial charge in [0.25, 0.3) is 0 Å². The van der Waals surface area contributed by atoms with Gasteiger partial charge >= 0.3 is 11.9 Å². The van der Waals surface area contributed by atoms with Crippen LogP contribution in [0.3, 0.4) is 0 Å². The van der Waals surface area contributed by atoms with Crippen LogP contribution in [-0.4, -0.2) is 28.5 Å². The first-order chi connectivity index (χ1) is 9.22. The molecule has 0 aliphatic heterocycles. The Kier molecular flexibility index (Phi) is 5.53. The van der Waals surface area contributed by atoms with Crippen molar-refractivity contribution in [1.82, 2.24) is 9.97 Å². The zero-order valence-electron chi connectivity index (χ0n) is 11.2. The summed E-state index contributed by atoms with van der Waals surface area (Å²) in [6.45, 7) is 5.81. The minimum Gasteiger partial charge on any atom is -0.459 e. The second kappa shape index (κ2) is 7.15. The van der Waals surface area contributed by atoms with Crippen LogP contribution in [-0.2, 0) is 14.3 Å². The van der Waals surface area contributed by atoms with Crippen molar-refractivity contribution in [3.05, 3.63) is 24.7 Å². The third kappa shape index (κ3) is 3.54. The van der Waals surface area contributed by atoms with Gasteiger partial charge in [-0.15, -0.1) is 0 Å². The Labute approximate surface area is 111 Å². The Balaban J connectivity index is 0.000000861. The van der Waals surface area contributed by atoms with Crippen molar-refractivity contribution in [1.29, 1.82) is 0 Å². The van der Waals surface area contributed by atoms with Crippen LogP contribution in [0.4, 0.5) is 5.69 Å². The van der Waals surface area contributed by atoms with Gasteiger partial charge < -0.3 is 15.0 Å². The van der Waals surface area contributed by atoms with Crippen LogP contribution in [0, 0.1) is 0 Å². The van der Waals surface area contributed by atoms with Crippen molar-refractivity contribution >= 4 is 28.5 Å². The molecule has 0 atom stereocenters. The standard InChI is InChI=1S/C11H11N3O3.C2H6/c1-2-17-11(16)10(15)14-9-6-13-8-5-12-4-3-7(8)9;1-2/h3-6,13H,2H2,1H3,(H,14,15);1-2H3. The van der Waals surface area contributed by atoms with Gasteiger partial charge in [0.15, 0.2) is 0 Å². The predicted molar refractivity (Wildman–Crippen MR) is 72.7 cm³/mol. The lowest BCUT2D eigenvalue weighted by Gasteiger charge is -2.02. The van der Waals surface area contributed by atoms with Gasteiger partial charge in [0.1, 0.15) is 0 Å². The summed E-state index contributed by atoms with van der Waals surface area (Å²) in [5, 5.41) is 3.27. The average Bonchev–Trinajstić information content (AvgIpc) is 2.85. The molecule has 0 saturated carbocycles. The normalized spacial score (nSPS) is 9.42. The average molecular weight is 263 g/mol. The van der Waals surface area contributed by atoms with Gasteiger partial charge in [-0.05, 0) is 13.0 Å². The second-order valence-electron chi connectivity index (χ2n) is 3.30. The van der Waals surface area contributed by atoms with E-state index in [-0.39, 0.29) is 6.61 Å². The molecule has 0 radical (unpaired) electrons. The Hall–Kier alpha value is -2.37. The van der Waals surface area contributed by atoms with Crippen LogP contribution < -0.4 is 5.32 Å². The first-order valence-corrected chi connectivity index (χ1v) is 6.11. The lowest BCUT2D eigenvalue weighted by Crippen LogP contribution is -2.24. The minimum atomic E-state index is -0.893. The number of esters is 1. The minimum absolute atomic E-state index is 0.171. The van der Waals surface area contributed by atoms with Crippen LogP contribution in [0.2, 0.25) is 0 Å². The molecule has 0 aromatic carbocycles. The van der Waals surface area contributed by atoms with Crippen LogP contribution in [0.1, 0.15) is 20.8 Å². The number of rotatable bonds is 2. The van der Waals surface area contributed by atoms with Gasteiger partial charge in [0.05, 0.1) is 24.0 Å². The molecule has 102 valence electrons. The van der Waals surface area contributed by atoms with E-state index in [0.717, 1.165) is 10.9 Å². The van der Waals surface area contributed by atoms with Crippen molar-refractivity contribution in [2.75, 3.05) is 11.9 Å². The summed E-state index contributed by atoms with van der Waals surface area (Å²) in [4.78, 5) is 29.4. The molecule has 2 N–H and O–H groups in total. The number of pyridine rings is 1. The molecular weight excluding hydrogens is 246 g/mol. The number of aromatic nitrogens is 2. The van der Waals surface area contributed by atoms with E-state index in [2.05, 4.69) is 20.0 Å². The molecule has 19 heavy (non-hydrogen) atoms. The number of carbonyl (C=O) groups excluding carboxylic acids is 2. The van der Waals surface area contributed by atoms with Gasteiger partial charge in [-0.1, -0.05) is 13.8 Å². The number of amides is 1. The number of ether oxygens (including phenoxy) is 1. The number of carbonyl (C=O) groups is 2. The van der Waals surface area contributed by atoms with Crippen molar-refractivity contribution in [2.24, 2.45) is 0 Å². The Morgan fingerprint density at radius 1 is 1.42 bits per heavy atom. The highest BCUT2D eigenvalue weighted by molar-refractivity contribution is 6.37. The number of hydrogen-bond donors (Lipinski definition) is 2. The third-order valence-electron chi connectivity index (χ3n) is 2.19. The van der Waals surface area contributed by atoms with E-state index < -0.39 is 11.9 Å². The van der Waals surface area contributed by atoms with E-state index in [1.807, 2.05) is 13.8 Å². The fourth-order valence-corrected chi connectivity index (χ4v) is 1.45. The Morgan fingerprint density at radius 3 is 2.84 bits per heavy atom. The number of H-pyrrole nitrogens is 1. The largest absolute Gasteiger partial charge is 0.459 e. The molecule has 0 fully saturated rings. The molecule has 0 unspecified atom stereocenters. The molecule has 2 heterocycles. The van der Waals surface area contributed by atoms with Gasteiger partial charge in [-0.25, -0.2) is 4.79 Å². The second-order valence-corrected chi connectivity index (χ2v) is 3.30. The fourth-order valence-electron chi connectivity index (χ4n) is 1.45. The molecule has 2 aromatic rings. The first kappa shape index (κ1) is 14.7. The summed E-state index contributed by atoms with van der Waals surface area (Å²) < 4.78 is 4.59. The highest BCUT2D eigenvalue weighted by Crippen LogP contribution is 2.21. The molecule has 0 saturated heterocycles. The maximum atomic E-state index is 11.4. The zero-order valence-corrected chi connectivity index (χ0v) is 11.2. The highest BCUT2D eigenvalue weighted by atomic mass is 16.5. The van der Waals surface area contributed by atoms with E-state index in [0.29, 0.717) is 5.69 Å². The molecule has 6 heteroatoms. The van der Waals surface area contributed by atoms with Crippen molar-refractivity contribution in [3.63, 3.8) is 0 Å². The smallest absolute Gasteiger partial charge is 0.397 e. The molecule has 6 nitrogen and oxygen atoms in total. The van der Waals surface area contributed by atoms with Crippen LogP contribution in [0.15, 0.2) is 24.7 Å². The lowest BCUT2D eigenvalue weighted by molar-refractivity contribution is -0.152. The quantitative estimate of drug-likeness (QED) is 0.642. The highest BCUT2D eigenvalue weighted by Gasteiger charge is 2.16. The topological polar surface area (TPSA) is 84.1 Å². The SMILES string of the molecule is CC.CCOC(=O)C(=O)Nc1c[nH]c2cnccc12. The van der Waals surface area contributed by atoms with Crippen molar-refractivity contribution in [2.45, 2.75) is 20.8 Å². The number of nitrogens with zero attached hydrogens (tertiary/aromatic N) is 1. The van der Waals surface area contributed by atoms with E-state index in [4.69, 9.17) is 0 Å². The zero-order chi connectivity index (χ0) is 14.3. The molecule has 0 aliphatic carbocycles. The molecular formula is C13H17N3O3. The molecule has 1 amide bonds. The van der Waals surface area contributed by atoms with E-state index >= 15 is 0 Å².